The first kappa shape index (κ1) is 12.0. The molecule has 0 fully saturated rings. The van der Waals surface area contributed by atoms with Gasteiger partial charge in [-0.05, 0) is 23.8 Å². The Morgan fingerprint density at radius 2 is 1.88 bits per heavy atom. The van der Waals surface area contributed by atoms with E-state index in [0.29, 0.717) is 11.6 Å². The second-order valence-electron chi connectivity index (χ2n) is 3.69. The van der Waals surface area contributed by atoms with E-state index in [1.54, 1.807) is 0 Å². The fourth-order valence-corrected chi connectivity index (χ4v) is 1.70. The van der Waals surface area contributed by atoms with Crippen molar-refractivity contribution >= 4 is 11.6 Å². The third-order valence-corrected chi connectivity index (χ3v) is 2.80. The van der Waals surface area contributed by atoms with Gasteiger partial charge in [-0.25, -0.2) is 0 Å². The van der Waals surface area contributed by atoms with E-state index in [1.165, 1.54) is 0 Å². The van der Waals surface area contributed by atoms with Crippen LogP contribution in [0.2, 0.25) is 5.02 Å². The molecule has 0 saturated heterocycles. The topological polar surface area (TPSA) is 29.5 Å². The minimum absolute atomic E-state index is 0.0172. The van der Waals surface area contributed by atoms with Crippen molar-refractivity contribution in [2.75, 3.05) is 0 Å². The van der Waals surface area contributed by atoms with Crippen molar-refractivity contribution < 1.29 is 9.84 Å². The largest absolute Gasteiger partial charge is 0.489 e. The summed E-state index contributed by atoms with van der Waals surface area (Å²) >= 11 is 6.03. The molecule has 0 saturated carbocycles. The van der Waals surface area contributed by atoms with Crippen LogP contribution in [0.5, 0.6) is 5.75 Å². The second kappa shape index (κ2) is 5.71. The van der Waals surface area contributed by atoms with Crippen molar-refractivity contribution in [3.05, 3.63) is 64.7 Å². The predicted octanol–water partition coefficient (Wildman–Crippen LogP) is 3.41. The first-order valence-electron chi connectivity index (χ1n) is 5.35. The molecule has 0 aromatic heterocycles. The van der Waals surface area contributed by atoms with Crippen molar-refractivity contribution in [3.8, 4) is 5.75 Å². The number of aliphatic hydroxyl groups is 1. The minimum atomic E-state index is 0.0172. The summed E-state index contributed by atoms with van der Waals surface area (Å²) in [5.41, 5.74) is 1.78. The van der Waals surface area contributed by atoms with E-state index in [2.05, 4.69) is 0 Å². The first-order chi connectivity index (χ1) is 8.29. The van der Waals surface area contributed by atoms with Gasteiger partial charge in [0.1, 0.15) is 12.4 Å². The summed E-state index contributed by atoms with van der Waals surface area (Å²) in [5.74, 6) is 0.733. The van der Waals surface area contributed by atoms with Gasteiger partial charge in [0.25, 0.3) is 0 Å². The van der Waals surface area contributed by atoms with Crippen molar-refractivity contribution in [1.82, 2.24) is 0 Å². The van der Waals surface area contributed by atoms with Crippen LogP contribution in [0.15, 0.2) is 48.5 Å². The summed E-state index contributed by atoms with van der Waals surface area (Å²) in [7, 11) is 0. The van der Waals surface area contributed by atoms with Crippen LogP contribution >= 0.6 is 11.6 Å². The Morgan fingerprint density at radius 1 is 1.06 bits per heavy atom. The zero-order valence-corrected chi connectivity index (χ0v) is 10.0. The summed E-state index contributed by atoms with van der Waals surface area (Å²) in [5, 5.41) is 9.71. The van der Waals surface area contributed by atoms with Crippen LogP contribution in [-0.4, -0.2) is 5.11 Å². The lowest BCUT2D eigenvalue weighted by Crippen LogP contribution is -1.96. The lowest BCUT2D eigenvalue weighted by Gasteiger charge is -2.08. The van der Waals surface area contributed by atoms with Crippen LogP contribution < -0.4 is 4.74 Å². The van der Waals surface area contributed by atoms with E-state index >= 15 is 0 Å². The van der Waals surface area contributed by atoms with Gasteiger partial charge >= 0.3 is 0 Å². The number of benzene rings is 2. The van der Waals surface area contributed by atoms with E-state index in [0.717, 1.165) is 16.9 Å². The van der Waals surface area contributed by atoms with Gasteiger partial charge in [-0.15, -0.1) is 0 Å². The van der Waals surface area contributed by atoms with E-state index in [4.69, 9.17) is 21.4 Å². The van der Waals surface area contributed by atoms with Crippen LogP contribution in [0.1, 0.15) is 11.1 Å². The molecular weight excluding hydrogens is 236 g/mol. The van der Waals surface area contributed by atoms with Crippen LogP contribution in [0.4, 0.5) is 0 Å². The first-order valence-corrected chi connectivity index (χ1v) is 5.73. The maximum Gasteiger partial charge on any atom is 0.120 e. The van der Waals surface area contributed by atoms with Gasteiger partial charge in [0.15, 0.2) is 0 Å². The molecule has 2 aromatic rings. The zero-order valence-electron chi connectivity index (χ0n) is 9.27. The number of halogens is 1. The van der Waals surface area contributed by atoms with E-state index < -0.39 is 0 Å². The van der Waals surface area contributed by atoms with E-state index in [1.807, 2.05) is 48.5 Å². The lowest BCUT2D eigenvalue weighted by molar-refractivity contribution is 0.278. The van der Waals surface area contributed by atoms with Crippen LogP contribution in [0.25, 0.3) is 0 Å². The molecule has 0 unspecified atom stereocenters. The smallest absolute Gasteiger partial charge is 0.120 e. The molecule has 2 aromatic carbocycles. The van der Waals surface area contributed by atoms with Crippen LogP contribution in [0, 0.1) is 0 Å². The molecule has 0 spiro atoms. The molecule has 0 amide bonds. The third kappa shape index (κ3) is 3.22. The molecule has 0 radical (unpaired) electrons. The molecule has 17 heavy (non-hydrogen) atoms. The fourth-order valence-electron chi connectivity index (χ4n) is 1.51. The van der Waals surface area contributed by atoms with Crippen molar-refractivity contribution in [3.63, 3.8) is 0 Å². The fraction of sp³-hybridized carbons (Fsp3) is 0.143. The minimum Gasteiger partial charge on any atom is -0.489 e. The van der Waals surface area contributed by atoms with Crippen molar-refractivity contribution in [2.24, 2.45) is 0 Å². The molecule has 0 heterocycles. The SMILES string of the molecule is OCc1cccc(OCc2ccccc2Cl)c1. The number of aliphatic hydroxyl groups excluding tert-OH is 1. The Balaban J connectivity index is 2.05. The summed E-state index contributed by atoms with van der Waals surface area (Å²) in [6.07, 6.45) is 0. The summed E-state index contributed by atoms with van der Waals surface area (Å²) in [4.78, 5) is 0. The molecule has 0 bridgehead atoms. The molecule has 3 heteroatoms. The summed E-state index contributed by atoms with van der Waals surface area (Å²) in [6, 6.07) is 15.0. The highest BCUT2D eigenvalue weighted by atomic mass is 35.5. The molecule has 1 N–H and O–H groups in total. The molecule has 2 rings (SSSR count). The quantitative estimate of drug-likeness (QED) is 0.899. The Bertz CT molecular complexity index is 497. The van der Waals surface area contributed by atoms with Gasteiger partial charge in [0.05, 0.1) is 6.61 Å². The monoisotopic (exact) mass is 248 g/mol. The highest BCUT2D eigenvalue weighted by Gasteiger charge is 2.00. The summed E-state index contributed by atoms with van der Waals surface area (Å²) < 4.78 is 5.62. The van der Waals surface area contributed by atoms with Gasteiger partial charge in [-0.3, -0.25) is 0 Å². The molecule has 0 aliphatic carbocycles. The average molecular weight is 249 g/mol. The van der Waals surface area contributed by atoms with Gasteiger partial charge < -0.3 is 9.84 Å². The van der Waals surface area contributed by atoms with Gasteiger partial charge in [-0.1, -0.05) is 41.9 Å². The number of rotatable bonds is 4. The van der Waals surface area contributed by atoms with Crippen molar-refractivity contribution in [1.29, 1.82) is 0 Å². The van der Waals surface area contributed by atoms with Gasteiger partial charge in [0.2, 0.25) is 0 Å². The number of hydrogen-bond acceptors (Lipinski definition) is 2. The number of hydrogen-bond donors (Lipinski definition) is 1. The standard InChI is InChI=1S/C14H13ClO2/c15-14-7-2-1-5-12(14)10-17-13-6-3-4-11(8-13)9-16/h1-8,16H,9-10H2. The van der Waals surface area contributed by atoms with Crippen LogP contribution in [-0.2, 0) is 13.2 Å². The lowest BCUT2D eigenvalue weighted by atomic mass is 10.2. The van der Waals surface area contributed by atoms with Crippen molar-refractivity contribution in [2.45, 2.75) is 13.2 Å². The molecule has 88 valence electrons. The molecule has 2 nitrogen and oxygen atoms in total. The highest BCUT2D eigenvalue weighted by Crippen LogP contribution is 2.19. The average Bonchev–Trinajstić information content (AvgIpc) is 2.38. The van der Waals surface area contributed by atoms with Gasteiger partial charge in [-0.2, -0.15) is 0 Å². The Labute approximate surface area is 105 Å². The van der Waals surface area contributed by atoms with Crippen LogP contribution in [0.3, 0.4) is 0 Å². The maximum atomic E-state index is 9.01. The third-order valence-electron chi connectivity index (χ3n) is 2.43. The molecule has 0 aliphatic heterocycles. The zero-order chi connectivity index (χ0) is 12.1. The second-order valence-corrected chi connectivity index (χ2v) is 4.09. The predicted molar refractivity (Wildman–Crippen MR) is 68.1 cm³/mol. The number of ether oxygens (including phenoxy) is 1. The molecule has 0 aliphatic rings. The Morgan fingerprint density at radius 3 is 2.65 bits per heavy atom. The van der Waals surface area contributed by atoms with E-state index in [-0.39, 0.29) is 6.61 Å². The Kier molecular flexibility index (Phi) is 4.02. The van der Waals surface area contributed by atoms with E-state index in [9.17, 15) is 0 Å². The summed E-state index contributed by atoms with van der Waals surface area (Å²) in [6.45, 7) is 0.442. The normalized spacial score (nSPS) is 10.2. The highest BCUT2D eigenvalue weighted by molar-refractivity contribution is 6.31. The maximum absolute atomic E-state index is 9.01. The van der Waals surface area contributed by atoms with Gasteiger partial charge in [0, 0.05) is 10.6 Å². The molecule has 0 atom stereocenters. The Hall–Kier alpha value is -1.51. The molecular formula is C14H13ClO2.